The van der Waals surface area contributed by atoms with Crippen molar-refractivity contribution in [3.05, 3.63) is 12.2 Å². The Morgan fingerprint density at radius 2 is 2.40 bits per heavy atom. The van der Waals surface area contributed by atoms with E-state index in [4.69, 9.17) is 5.73 Å². The van der Waals surface area contributed by atoms with Crippen LogP contribution in [-0.4, -0.2) is 20.8 Å². The first kappa shape index (κ1) is 10.6. The fourth-order valence-corrected chi connectivity index (χ4v) is 2.40. The van der Waals surface area contributed by atoms with Crippen LogP contribution in [-0.2, 0) is 13.0 Å². The number of nitrogens with two attached hydrogens (primary N) is 1. The lowest BCUT2D eigenvalue weighted by Crippen LogP contribution is -2.27. The van der Waals surface area contributed by atoms with Gasteiger partial charge in [0.2, 0.25) is 0 Å². The van der Waals surface area contributed by atoms with E-state index in [1.54, 1.807) is 6.33 Å². The van der Waals surface area contributed by atoms with Crippen molar-refractivity contribution in [3.63, 3.8) is 0 Å². The Kier molecular flexibility index (Phi) is 3.36. The number of rotatable bonds is 4. The summed E-state index contributed by atoms with van der Waals surface area (Å²) < 4.78 is 2.02. The molecule has 4 heteroatoms. The molecule has 0 aromatic carbocycles. The fraction of sp³-hybridized carbons (Fsp3) is 0.818. The van der Waals surface area contributed by atoms with Gasteiger partial charge in [0.1, 0.15) is 12.2 Å². The van der Waals surface area contributed by atoms with Crippen molar-refractivity contribution < 1.29 is 0 Å². The lowest BCUT2D eigenvalue weighted by Gasteiger charge is -2.14. The molecule has 1 saturated carbocycles. The van der Waals surface area contributed by atoms with Gasteiger partial charge in [-0.2, -0.15) is 5.10 Å². The minimum Gasteiger partial charge on any atom is -0.327 e. The van der Waals surface area contributed by atoms with Crippen molar-refractivity contribution in [2.45, 2.75) is 51.6 Å². The molecule has 1 aliphatic carbocycles. The first-order valence-electron chi connectivity index (χ1n) is 5.93. The number of hydrogen-bond donors (Lipinski definition) is 1. The van der Waals surface area contributed by atoms with Crippen molar-refractivity contribution in [2.75, 3.05) is 0 Å². The summed E-state index contributed by atoms with van der Waals surface area (Å²) in [5.74, 6) is 1.73. The van der Waals surface area contributed by atoms with Gasteiger partial charge >= 0.3 is 0 Å². The van der Waals surface area contributed by atoms with Gasteiger partial charge in [-0.1, -0.05) is 13.3 Å². The molecule has 4 nitrogen and oxygen atoms in total. The third-order valence-corrected chi connectivity index (χ3v) is 3.29. The standard InChI is InChI=1S/C11H20N4/c1-2-6-15-11(13-8-14-15)7-9-4-3-5-10(9)12/h8-10H,2-7,12H2,1H3. The van der Waals surface area contributed by atoms with Gasteiger partial charge in [0.05, 0.1) is 0 Å². The molecule has 1 aromatic rings. The normalized spacial score (nSPS) is 26.0. The number of aryl methyl sites for hydroxylation is 1. The summed E-state index contributed by atoms with van der Waals surface area (Å²) in [5, 5.41) is 4.24. The van der Waals surface area contributed by atoms with Crippen LogP contribution in [0.25, 0.3) is 0 Å². The SMILES string of the molecule is CCCn1ncnc1CC1CCCC1N. The van der Waals surface area contributed by atoms with E-state index in [0.717, 1.165) is 25.2 Å². The molecule has 1 aliphatic rings. The average Bonchev–Trinajstić information content (AvgIpc) is 2.80. The van der Waals surface area contributed by atoms with Crippen LogP contribution >= 0.6 is 0 Å². The summed E-state index contributed by atoms with van der Waals surface area (Å²) in [6.45, 7) is 3.13. The molecule has 0 bridgehead atoms. The molecule has 0 saturated heterocycles. The van der Waals surface area contributed by atoms with Crippen LogP contribution in [0, 0.1) is 5.92 Å². The summed E-state index contributed by atoms with van der Waals surface area (Å²) in [4.78, 5) is 4.33. The monoisotopic (exact) mass is 208 g/mol. The third kappa shape index (κ3) is 2.37. The van der Waals surface area contributed by atoms with Crippen LogP contribution in [0.3, 0.4) is 0 Å². The highest BCUT2D eigenvalue weighted by Gasteiger charge is 2.25. The molecule has 0 radical (unpaired) electrons. The van der Waals surface area contributed by atoms with E-state index in [1.807, 2.05) is 4.68 Å². The summed E-state index contributed by atoms with van der Waals surface area (Å²) in [6.07, 6.45) is 7.46. The van der Waals surface area contributed by atoms with Crippen LogP contribution in [0.1, 0.15) is 38.4 Å². The van der Waals surface area contributed by atoms with Gasteiger partial charge < -0.3 is 5.73 Å². The van der Waals surface area contributed by atoms with Crippen molar-refractivity contribution in [1.29, 1.82) is 0 Å². The first-order valence-corrected chi connectivity index (χ1v) is 5.93. The van der Waals surface area contributed by atoms with E-state index >= 15 is 0 Å². The zero-order chi connectivity index (χ0) is 10.7. The van der Waals surface area contributed by atoms with Crippen LogP contribution in [0.4, 0.5) is 0 Å². The number of aromatic nitrogens is 3. The average molecular weight is 208 g/mol. The molecule has 1 aromatic heterocycles. The predicted molar refractivity (Wildman–Crippen MR) is 59.3 cm³/mol. The fourth-order valence-electron chi connectivity index (χ4n) is 2.40. The molecule has 1 heterocycles. The van der Waals surface area contributed by atoms with Gasteiger partial charge in [-0.05, 0) is 25.2 Å². The van der Waals surface area contributed by atoms with Crippen molar-refractivity contribution in [3.8, 4) is 0 Å². The van der Waals surface area contributed by atoms with Gasteiger partial charge in [0.25, 0.3) is 0 Å². The van der Waals surface area contributed by atoms with Crippen LogP contribution in [0.15, 0.2) is 6.33 Å². The Bertz CT molecular complexity index is 307. The minimum absolute atomic E-state index is 0.372. The summed E-state index contributed by atoms with van der Waals surface area (Å²) in [5.41, 5.74) is 6.06. The Morgan fingerprint density at radius 1 is 1.53 bits per heavy atom. The first-order chi connectivity index (χ1) is 7.31. The lowest BCUT2D eigenvalue weighted by molar-refractivity contribution is 0.446. The Hall–Kier alpha value is -0.900. The van der Waals surface area contributed by atoms with E-state index in [2.05, 4.69) is 17.0 Å². The van der Waals surface area contributed by atoms with Crippen molar-refractivity contribution in [2.24, 2.45) is 11.7 Å². The second-order valence-electron chi connectivity index (χ2n) is 4.46. The minimum atomic E-state index is 0.372. The van der Waals surface area contributed by atoms with E-state index in [-0.39, 0.29) is 0 Å². The molecule has 0 spiro atoms. The maximum atomic E-state index is 6.06. The van der Waals surface area contributed by atoms with Crippen LogP contribution < -0.4 is 5.73 Å². The topological polar surface area (TPSA) is 56.7 Å². The Labute approximate surface area is 90.9 Å². The van der Waals surface area contributed by atoms with Gasteiger partial charge in [-0.15, -0.1) is 0 Å². The second-order valence-corrected chi connectivity index (χ2v) is 4.46. The molecular formula is C11H20N4. The predicted octanol–water partition coefficient (Wildman–Crippen LogP) is 1.36. The van der Waals surface area contributed by atoms with Crippen molar-refractivity contribution >= 4 is 0 Å². The molecule has 0 amide bonds. The second kappa shape index (κ2) is 4.75. The van der Waals surface area contributed by atoms with Crippen molar-refractivity contribution in [1.82, 2.24) is 14.8 Å². The number of hydrogen-bond acceptors (Lipinski definition) is 3. The maximum absolute atomic E-state index is 6.06. The van der Waals surface area contributed by atoms with Gasteiger partial charge in [0.15, 0.2) is 0 Å². The highest BCUT2D eigenvalue weighted by atomic mass is 15.3. The summed E-state index contributed by atoms with van der Waals surface area (Å²) >= 11 is 0. The molecule has 0 aliphatic heterocycles. The van der Waals surface area contributed by atoms with E-state index in [9.17, 15) is 0 Å². The molecule has 2 unspecified atom stereocenters. The molecule has 15 heavy (non-hydrogen) atoms. The third-order valence-electron chi connectivity index (χ3n) is 3.29. The Balaban J connectivity index is 2.00. The summed E-state index contributed by atoms with van der Waals surface area (Å²) in [7, 11) is 0. The largest absolute Gasteiger partial charge is 0.327 e. The number of nitrogens with zero attached hydrogens (tertiary/aromatic N) is 3. The molecule has 2 atom stereocenters. The highest BCUT2D eigenvalue weighted by molar-refractivity contribution is 4.92. The zero-order valence-electron chi connectivity index (χ0n) is 9.39. The lowest BCUT2D eigenvalue weighted by atomic mass is 10.00. The van der Waals surface area contributed by atoms with E-state index in [1.165, 1.54) is 19.3 Å². The van der Waals surface area contributed by atoms with E-state index < -0.39 is 0 Å². The molecule has 84 valence electrons. The van der Waals surface area contributed by atoms with Crippen LogP contribution in [0.5, 0.6) is 0 Å². The van der Waals surface area contributed by atoms with Gasteiger partial charge in [-0.25, -0.2) is 4.98 Å². The Morgan fingerprint density at radius 3 is 3.07 bits per heavy atom. The van der Waals surface area contributed by atoms with Gasteiger partial charge in [0, 0.05) is 19.0 Å². The smallest absolute Gasteiger partial charge is 0.138 e. The molecule has 2 N–H and O–H groups in total. The molecule has 1 fully saturated rings. The maximum Gasteiger partial charge on any atom is 0.138 e. The quantitative estimate of drug-likeness (QED) is 0.812. The van der Waals surface area contributed by atoms with Gasteiger partial charge in [-0.3, -0.25) is 4.68 Å². The summed E-state index contributed by atoms with van der Waals surface area (Å²) in [6, 6.07) is 0.372. The zero-order valence-corrected chi connectivity index (χ0v) is 9.39. The highest BCUT2D eigenvalue weighted by Crippen LogP contribution is 2.26. The van der Waals surface area contributed by atoms with E-state index in [0.29, 0.717) is 12.0 Å². The molecule has 2 rings (SSSR count). The molecular weight excluding hydrogens is 188 g/mol. The van der Waals surface area contributed by atoms with Crippen LogP contribution in [0.2, 0.25) is 0 Å².